The Morgan fingerprint density at radius 1 is 1.47 bits per heavy atom. The number of fused-ring (bicyclic) bond motifs is 1. The lowest BCUT2D eigenvalue weighted by atomic mass is 9.96. The number of hydrogen-bond acceptors (Lipinski definition) is 2. The molecule has 1 atom stereocenters. The maximum atomic E-state index is 10.3. The molecule has 3 heteroatoms. The first-order chi connectivity index (χ1) is 7.25. The van der Waals surface area contributed by atoms with Gasteiger partial charge in [0.15, 0.2) is 0 Å². The van der Waals surface area contributed by atoms with Gasteiger partial charge in [-0.3, -0.25) is 0 Å². The molecule has 1 unspecified atom stereocenters. The van der Waals surface area contributed by atoms with E-state index in [4.69, 9.17) is 9.84 Å². The second-order valence-electron chi connectivity index (χ2n) is 3.51. The summed E-state index contributed by atoms with van der Waals surface area (Å²) >= 11 is 0. The van der Waals surface area contributed by atoms with Crippen LogP contribution in [0.1, 0.15) is 11.1 Å². The number of carbonyl (C=O) groups is 1. The van der Waals surface area contributed by atoms with Gasteiger partial charge in [0.05, 0.1) is 6.10 Å². The molecule has 78 valence electrons. The Hall–Kier alpha value is -1.61. The summed E-state index contributed by atoms with van der Waals surface area (Å²) < 4.78 is 5.21. The fourth-order valence-electron chi connectivity index (χ4n) is 1.67. The molecular formula is C12H12O3. The normalized spacial score (nSPS) is 18.5. The molecule has 0 fully saturated rings. The lowest BCUT2D eigenvalue weighted by Gasteiger charge is -2.18. The van der Waals surface area contributed by atoms with E-state index in [1.54, 1.807) is 0 Å². The first kappa shape index (κ1) is 9.93. The highest BCUT2D eigenvalue weighted by molar-refractivity contribution is 5.68. The Morgan fingerprint density at radius 3 is 3.07 bits per heavy atom. The highest BCUT2D eigenvalue weighted by Gasteiger charge is 2.14. The number of aliphatic carboxylic acids is 1. The van der Waals surface area contributed by atoms with Crippen LogP contribution in [0.3, 0.4) is 0 Å². The zero-order valence-corrected chi connectivity index (χ0v) is 8.22. The number of benzene rings is 1. The van der Waals surface area contributed by atoms with Gasteiger partial charge in [-0.25, -0.2) is 4.79 Å². The van der Waals surface area contributed by atoms with Crippen molar-refractivity contribution in [1.82, 2.24) is 0 Å². The van der Waals surface area contributed by atoms with Crippen molar-refractivity contribution in [2.24, 2.45) is 0 Å². The molecule has 0 spiro atoms. The van der Waals surface area contributed by atoms with Gasteiger partial charge in [0.1, 0.15) is 6.61 Å². The molecule has 0 aliphatic heterocycles. The summed E-state index contributed by atoms with van der Waals surface area (Å²) in [7, 11) is 0. The van der Waals surface area contributed by atoms with E-state index >= 15 is 0 Å². The van der Waals surface area contributed by atoms with E-state index in [0.29, 0.717) is 0 Å². The molecule has 0 saturated carbocycles. The molecule has 0 aromatic heterocycles. The van der Waals surface area contributed by atoms with E-state index in [1.807, 2.05) is 36.4 Å². The Bertz CT molecular complexity index is 396. The van der Waals surface area contributed by atoms with E-state index in [2.05, 4.69) is 0 Å². The van der Waals surface area contributed by atoms with Crippen LogP contribution >= 0.6 is 0 Å². The average Bonchev–Trinajstić information content (AvgIpc) is 2.26. The van der Waals surface area contributed by atoms with Gasteiger partial charge < -0.3 is 9.84 Å². The summed E-state index contributed by atoms with van der Waals surface area (Å²) in [5.74, 6) is -0.928. The average molecular weight is 204 g/mol. The quantitative estimate of drug-likeness (QED) is 0.815. The molecule has 1 aliphatic carbocycles. The lowest BCUT2D eigenvalue weighted by molar-refractivity contribution is -0.143. The highest BCUT2D eigenvalue weighted by atomic mass is 16.5. The molecule has 1 aliphatic rings. The van der Waals surface area contributed by atoms with E-state index in [0.717, 1.165) is 6.42 Å². The summed E-state index contributed by atoms with van der Waals surface area (Å²) in [5, 5.41) is 8.49. The number of carboxylic acid groups (broad SMARTS) is 1. The second-order valence-corrected chi connectivity index (χ2v) is 3.51. The fourth-order valence-corrected chi connectivity index (χ4v) is 1.67. The molecule has 0 radical (unpaired) electrons. The minimum absolute atomic E-state index is 0.115. The predicted molar refractivity (Wildman–Crippen MR) is 56.6 cm³/mol. The zero-order valence-electron chi connectivity index (χ0n) is 8.22. The molecule has 0 bridgehead atoms. The van der Waals surface area contributed by atoms with Gasteiger partial charge >= 0.3 is 5.97 Å². The summed E-state index contributed by atoms with van der Waals surface area (Å²) in [6.45, 7) is -0.239. The molecule has 2 rings (SSSR count). The smallest absolute Gasteiger partial charge is 0.329 e. The third-order valence-electron chi connectivity index (χ3n) is 2.39. The first-order valence-corrected chi connectivity index (χ1v) is 4.85. The molecule has 3 nitrogen and oxygen atoms in total. The maximum Gasteiger partial charge on any atom is 0.329 e. The van der Waals surface area contributed by atoms with E-state index < -0.39 is 5.97 Å². The molecule has 15 heavy (non-hydrogen) atoms. The van der Waals surface area contributed by atoms with Gasteiger partial charge in [-0.2, -0.15) is 0 Å². The second kappa shape index (κ2) is 4.28. The van der Waals surface area contributed by atoms with Crippen LogP contribution < -0.4 is 0 Å². The largest absolute Gasteiger partial charge is 0.480 e. The number of hydrogen-bond donors (Lipinski definition) is 1. The molecule has 0 heterocycles. The van der Waals surface area contributed by atoms with Crippen molar-refractivity contribution in [2.75, 3.05) is 6.61 Å². The van der Waals surface area contributed by atoms with Gasteiger partial charge in [0.25, 0.3) is 0 Å². The topological polar surface area (TPSA) is 46.5 Å². The van der Waals surface area contributed by atoms with Gasteiger partial charge in [0, 0.05) is 6.42 Å². The van der Waals surface area contributed by atoms with Crippen LogP contribution in [0, 0.1) is 0 Å². The summed E-state index contributed by atoms with van der Waals surface area (Å²) in [4.78, 5) is 10.3. The SMILES string of the molecule is O=C(O)COC1C=Cc2ccccc2C1. The van der Waals surface area contributed by atoms with Crippen LogP contribution in [0.2, 0.25) is 0 Å². The van der Waals surface area contributed by atoms with Gasteiger partial charge in [0.2, 0.25) is 0 Å². The van der Waals surface area contributed by atoms with Crippen LogP contribution in [0.25, 0.3) is 6.08 Å². The third-order valence-corrected chi connectivity index (χ3v) is 2.39. The molecular weight excluding hydrogens is 192 g/mol. The Balaban J connectivity index is 2.03. The van der Waals surface area contributed by atoms with Crippen molar-refractivity contribution in [3.8, 4) is 0 Å². The van der Waals surface area contributed by atoms with Gasteiger partial charge in [-0.05, 0) is 11.1 Å². The van der Waals surface area contributed by atoms with Crippen LogP contribution in [0.5, 0.6) is 0 Å². The minimum Gasteiger partial charge on any atom is -0.480 e. The first-order valence-electron chi connectivity index (χ1n) is 4.85. The summed E-state index contributed by atoms with van der Waals surface area (Å²) in [6.07, 6.45) is 4.52. The van der Waals surface area contributed by atoms with Crippen LogP contribution in [0.4, 0.5) is 0 Å². The Kier molecular flexibility index (Phi) is 2.83. The van der Waals surface area contributed by atoms with Crippen molar-refractivity contribution in [3.05, 3.63) is 41.5 Å². The van der Waals surface area contributed by atoms with Crippen LogP contribution in [0.15, 0.2) is 30.3 Å². The fraction of sp³-hybridized carbons (Fsp3) is 0.250. The Labute approximate surface area is 88.0 Å². The number of ether oxygens (including phenoxy) is 1. The zero-order chi connectivity index (χ0) is 10.7. The van der Waals surface area contributed by atoms with Gasteiger partial charge in [-0.1, -0.05) is 36.4 Å². The van der Waals surface area contributed by atoms with Crippen LogP contribution in [-0.2, 0) is 16.0 Å². The van der Waals surface area contributed by atoms with Crippen molar-refractivity contribution in [1.29, 1.82) is 0 Å². The van der Waals surface area contributed by atoms with Crippen molar-refractivity contribution in [3.63, 3.8) is 0 Å². The lowest BCUT2D eigenvalue weighted by Crippen LogP contribution is -2.20. The van der Waals surface area contributed by atoms with Crippen LogP contribution in [-0.4, -0.2) is 23.8 Å². The summed E-state index contributed by atoms with van der Waals surface area (Å²) in [6, 6.07) is 8.04. The van der Waals surface area contributed by atoms with E-state index in [9.17, 15) is 4.79 Å². The highest BCUT2D eigenvalue weighted by Crippen LogP contribution is 2.20. The molecule has 0 amide bonds. The number of carboxylic acids is 1. The maximum absolute atomic E-state index is 10.3. The molecule has 1 N–H and O–H groups in total. The monoisotopic (exact) mass is 204 g/mol. The van der Waals surface area contributed by atoms with E-state index in [1.165, 1.54) is 11.1 Å². The molecule has 1 aromatic carbocycles. The standard InChI is InChI=1S/C12H12O3/c13-12(14)8-15-11-6-5-9-3-1-2-4-10(9)7-11/h1-6,11H,7-8H2,(H,13,14). The summed E-state index contributed by atoms with van der Waals surface area (Å²) in [5.41, 5.74) is 2.39. The van der Waals surface area contributed by atoms with Crippen molar-refractivity contribution in [2.45, 2.75) is 12.5 Å². The van der Waals surface area contributed by atoms with E-state index in [-0.39, 0.29) is 12.7 Å². The minimum atomic E-state index is -0.928. The molecule has 1 aromatic rings. The van der Waals surface area contributed by atoms with Crippen molar-refractivity contribution < 1.29 is 14.6 Å². The Morgan fingerprint density at radius 2 is 2.27 bits per heavy atom. The van der Waals surface area contributed by atoms with Gasteiger partial charge in [-0.15, -0.1) is 0 Å². The number of rotatable bonds is 3. The molecule has 0 saturated heterocycles. The third kappa shape index (κ3) is 2.44. The van der Waals surface area contributed by atoms with Crippen molar-refractivity contribution >= 4 is 12.0 Å². The predicted octanol–water partition coefficient (Wildman–Crippen LogP) is 1.73.